The summed E-state index contributed by atoms with van der Waals surface area (Å²) >= 11 is 5.88. The molecule has 8 nitrogen and oxygen atoms in total. The van der Waals surface area contributed by atoms with Crippen molar-refractivity contribution in [3.05, 3.63) is 41.0 Å². The molecule has 0 bridgehead atoms. The summed E-state index contributed by atoms with van der Waals surface area (Å²) in [6.45, 7) is 8.15. The van der Waals surface area contributed by atoms with Gasteiger partial charge >= 0.3 is 6.03 Å². The molecule has 0 radical (unpaired) electrons. The van der Waals surface area contributed by atoms with E-state index in [-0.39, 0.29) is 17.4 Å². The van der Waals surface area contributed by atoms with Gasteiger partial charge in [-0.05, 0) is 30.7 Å². The van der Waals surface area contributed by atoms with Crippen LogP contribution in [-0.4, -0.2) is 27.8 Å². The first kappa shape index (κ1) is 21.1. The zero-order valence-corrected chi connectivity index (χ0v) is 17.8. The molecule has 9 heteroatoms. The highest BCUT2D eigenvalue weighted by Gasteiger charge is 2.30. The Balaban J connectivity index is 1.84. The molecule has 1 saturated heterocycles. The maximum atomic E-state index is 12.5. The fourth-order valence-corrected chi connectivity index (χ4v) is 3.14. The highest BCUT2D eigenvalue weighted by molar-refractivity contribution is 6.30. The van der Waals surface area contributed by atoms with Gasteiger partial charge in [0.1, 0.15) is 5.82 Å². The van der Waals surface area contributed by atoms with E-state index in [1.54, 1.807) is 28.9 Å². The summed E-state index contributed by atoms with van der Waals surface area (Å²) in [6, 6.07) is 8.29. The zero-order valence-electron chi connectivity index (χ0n) is 17.0. The molecular formula is C20H27ClN6O2. The number of carbonyl (C=O) groups is 2. The van der Waals surface area contributed by atoms with Crippen LogP contribution in [0.5, 0.6) is 0 Å². The molecule has 3 rings (SSSR count). The molecular weight excluding hydrogens is 392 g/mol. The molecule has 4 N–H and O–H groups in total. The summed E-state index contributed by atoms with van der Waals surface area (Å²) < 4.78 is 1.61. The number of halogens is 1. The number of nitrogens with one attached hydrogen (secondary N) is 4. The van der Waals surface area contributed by atoms with Crippen molar-refractivity contribution in [3.8, 4) is 0 Å². The fourth-order valence-electron chi connectivity index (χ4n) is 3.02. The second kappa shape index (κ2) is 8.42. The minimum Gasteiger partial charge on any atom is -0.322 e. The van der Waals surface area contributed by atoms with Gasteiger partial charge in [0.05, 0.1) is 5.69 Å². The van der Waals surface area contributed by atoms with Crippen LogP contribution in [0.2, 0.25) is 5.02 Å². The van der Waals surface area contributed by atoms with Gasteiger partial charge in [-0.3, -0.25) is 15.4 Å². The summed E-state index contributed by atoms with van der Waals surface area (Å²) in [5.74, 6) is 0.431. The van der Waals surface area contributed by atoms with Crippen molar-refractivity contribution in [2.45, 2.75) is 58.3 Å². The molecule has 1 fully saturated rings. The first-order chi connectivity index (χ1) is 13.7. The Morgan fingerprint density at radius 1 is 1.28 bits per heavy atom. The first-order valence-electron chi connectivity index (χ1n) is 9.64. The normalized spacial score (nSPS) is 19.6. The average Bonchev–Trinajstić information content (AvgIpc) is 3.07. The minimum atomic E-state index is -0.539. The van der Waals surface area contributed by atoms with E-state index in [4.69, 9.17) is 11.6 Å². The number of rotatable bonds is 4. The highest BCUT2D eigenvalue weighted by atomic mass is 35.5. The van der Waals surface area contributed by atoms with Crippen molar-refractivity contribution in [3.63, 3.8) is 0 Å². The third-order valence-electron chi connectivity index (χ3n) is 4.71. The van der Waals surface area contributed by atoms with Crippen LogP contribution in [0.1, 0.15) is 52.5 Å². The molecule has 29 heavy (non-hydrogen) atoms. The molecule has 0 saturated carbocycles. The molecule has 0 spiro atoms. The quantitative estimate of drug-likeness (QED) is 0.606. The van der Waals surface area contributed by atoms with Gasteiger partial charge in [-0.2, -0.15) is 5.10 Å². The third kappa shape index (κ3) is 5.27. The van der Waals surface area contributed by atoms with Gasteiger partial charge in [0.25, 0.3) is 0 Å². The number of benzene rings is 1. The van der Waals surface area contributed by atoms with Crippen LogP contribution >= 0.6 is 11.6 Å². The Morgan fingerprint density at radius 3 is 2.59 bits per heavy atom. The number of anilines is 2. The van der Waals surface area contributed by atoms with Gasteiger partial charge in [0.15, 0.2) is 6.29 Å². The molecule has 1 aliphatic rings. The number of hydrogen-bond acceptors (Lipinski definition) is 4. The van der Waals surface area contributed by atoms with Crippen LogP contribution in [0, 0.1) is 0 Å². The van der Waals surface area contributed by atoms with Crippen LogP contribution in [0.4, 0.5) is 16.3 Å². The van der Waals surface area contributed by atoms with Crippen molar-refractivity contribution in [1.29, 1.82) is 0 Å². The summed E-state index contributed by atoms with van der Waals surface area (Å²) in [6.07, 6.45) is 0.695. The number of urea groups is 1. The Bertz CT molecular complexity index is 887. The lowest BCUT2D eigenvalue weighted by Gasteiger charge is -2.32. The summed E-state index contributed by atoms with van der Waals surface area (Å²) in [5.41, 5.74) is 1.19. The Hall–Kier alpha value is -2.58. The number of carbonyl (C=O) groups excluding carboxylic acids is 2. The van der Waals surface area contributed by atoms with E-state index in [2.05, 4.69) is 26.4 Å². The molecule has 156 valence electrons. The molecule has 2 aromatic rings. The van der Waals surface area contributed by atoms with E-state index in [0.717, 1.165) is 12.1 Å². The van der Waals surface area contributed by atoms with Gasteiger partial charge in [-0.25, -0.2) is 9.48 Å². The lowest BCUT2D eigenvalue weighted by atomic mass is 9.92. The summed E-state index contributed by atoms with van der Waals surface area (Å²) in [4.78, 5) is 24.7. The van der Waals surface area contributed by atoms with Crippen molar-refractivity contribution in [2.24, 2.45) is 0 Å². The van der Waals surface area contributed by atoms with Crippen molar-refractivity contribution in [2.75, 3.05) is 10.6 Å². The van der Waals surface area contributed by atoms with E-state index < -0.39 is 12.3 Å². The summed E-state index contributed by atoms with van der Waals surface area (Å²) in [7, 11) is 0. The maximum absolute atomic E-state index is 12.5. The van der Waals surface area contributed by atoms with Crippen molar-refractivity contribution in [1.82, 2.24) is 20.4 Å². The molecule has 0 aliphatic carbocycles. The second-order valence-corrected chi connectivity index (χ2v) is 8.58. The maximum Gasteiger partial charge on any atom is 0.324 e. The predicted octanol–water partition coefficient (Wildman–Crippen LogP) is 3.82. The number of hydrogen-bond donors (Lipinski definition) is 4. The first-order valence-corrected chi connectivity index (χ1v) is 10.0. The Morgan fingerprint density at radius 2 is 1.97 bits per heavy atom. The van der Waals surface area contributed by atoms with Crippen molar-refractivity contribution < 1.29 is 9.59 Å². The van der Waals surface area contributed by atoms with Gasteiger partial charge in [0.2, 0.25) is 5.91 Å². The number of amides is 3. The van der Waals surface area contributed by atoms with Gasteiger partial charge in [-0.15, -0.1) is 0 Å². The SMILES string of the molecule is CCC1CC(=O)NC(n2nc(C(C)(C)C)cc2NC(=O)Nc2ccc(Cl)cc2)N1. The van der Waals surface area contributed by atoms with Crippen LogP contribution in [0.3, 0.4) is 0 Å². The van der Waals surface area contributed by atoms with Crippen molar-refractivity contribution >= 4 is 35.0 Å². The van der Waals surface area contributed by atoms with Crippen LogP contribution in [0.15, 0.2) is 30.3 Å². The summed E-state index contributed by atoms with van der Waals surface area (Å²) in [5, 5.41) is 17.1. The van der Waals surface area contributed by atoms with E-state index in [0.29, 0.717) is 22.9 Å². The lowest BCUT2D eigenvalue weighted by Crippen LogP contribution is -2.53. The van der Waals surface area contributed by atoms with Crippen LogP contribution < -0.4 is 21.3 Å². The number of nitrogens with zero attached hydrogens (tertiary/aromatic N) is 2. The smallest absolute Gasteiger partial charge is 0.322 e. The van der Waals surface area contributed by atoms with E-state index in [1.807, 2.05) is 33.8 Å². The molecule has 2 atom stereocenters. The Labute approximate surface area is 175 Å². The monoisotopic (exact) mass is 418 g/mol. The van der Waals surface area contributed by atoms with Gasteiger partial charge in [-0.1, -0.05) is 39.3 Å². The largest absolute Gasteiger partial charge is 0.324 e. The predicted molar refractivity (Wildman–Crippen MR) is 114 cm³/mol. The molecule has 1 aromatic heterocycles. The molecule has 2 unspecified atom stereocenters. The molecule has 3 amide bonds. The van der Waals surface area contributed by atoms with Crippen LogP contribution in [0.25, 0.3) is 0 Å². The third-order valence-corrected chi connectivity index (χ3v) is 4.96. The molecule has 1 aliphatic heterocycles. The van der Waals surface area contributed by atoms with Crippen LogP contribution in [-0.2, 0) is 10.2 Å². The minimum absolute atomic E-state index is 0.0479. The Kier molecular flexibility index (Phi) is 6.14. The van der Waals surface area contributed by atoms with Gasteiger partial charge in [0, 0.05) is 34.7 Å². The fraction of sp³-hybridized carbons (Fsp3) is 0.450. The average molecular weight is 419 g/mol. The molecule has 1 aromatic carbocycles. The van der Waals surface area contributed by atoms with Gasteiger partial charge < -0.3 is 10.6 Å². The standard InChI is InChI=1S/C20H27ClN6O2/c1-5-13-10-17(28)25-18(22-13)27-16(11-15(26-27)20(2,3)4)24-19(29)23-14-8-6-12(21)7-9-14/h6-9,11,13,18,22H,5,10H2,1-4H3,(H,25,28)(H2,23,24,29). The topological polar surface area (TPSA) is 100 Å². The van der Waals surface area contributed by atoms with E-state index >= 15 is 0 Å². The van der Waals surface area contributed by atoms with E-state index in [9.17, 15) is 9.59 Å². The zero-order chi connectivity index (χ0) is 21.2. The molecule has 2 heterocycles. The van der Waals surface area contributed by atoms with E-state index in [1.165, 1.54) is 0 Å². The lowest BCUT2D eigenvalue weighted by molar-refractivity contribution is -0.125. The number of aromatic nitrogens is 2. The highest BCUT2D eigenvalue weighted by Crippen LogP contribution is 2.26. The second-order valence-electron chi connectivity index (χ2n) is 8.14.